The van der Waals surface area contributed by atoms with Crippen molar-refractivity contribution in [2.75, 3.05) is 10.7 Å². The molecule has 108 valence electrons. The van der Waals surface area contributed by atoms with E-state index >= 15 is 0 Å². The Morgan fingerprint density at radius 2 is 1.95 bits per heavy atom. The summed E-state index contributed by atoms with van der Waals surface area (Å²) in [6.07, 6.45) is 0.906. The molecular weight excluding hydrogens is 282 g/mol. The van der Waals surface area contributed by atoms with Gasteiger partial charge in [0.15, 0.2) is 0 Å². The van der Waals surface area contributed by atoms with Gasteiger partial charge in [0.05, 0.1) is 5.75 Å². The Morgan fingerprint density at radius 3 is 2.76 bits per heavy atom. The van der Waals surface area contributed by atoms with Crippen molar-refractivity contribution >= 4 is 23.4 Å². The number of hydrogen-bond acceptors (Lipinski definition) is 3. The van der Waals surface area contributed by atoms with Gasteiger partial charge in [0.25, 0.3) is 0 Å². The Labute approximate surface area is 128 Å². The van der Waals surface area contributed by atoms with Gasteiger partial charge >= 0.3 is 0 Å². The Morgan fingerprint density at radius 1 is 1.24 bits per heavy atom. The fourth-order valence-electron chi connectivity index (χ4n) is 2.73. The first-order chi connectivity index (χ1) is 10.2. The predicted molar refractivity (Wildman–Crippen MR) is 85.9 cm³/mol. The highest BCUT2D eigenvalue weighted by molar-refractivity contribution is 8.00. The molecule has 0 spiro atoms. The van der Waals surface area contributed by atoms with Crippen molar-refractivity contribution in [3.8, 4) is 5.75 Å². The molecule has 0 radical (unpaired) electrons. The molecule has 0 aromatic heterocycles. The van der Waals surface area contributed by atoms with Gasteiger partial charge in [-0.1, -0.05) is 30.3 Å². The van der Waals surface area contributed by atoms with Crippen LogP contribution in [0.1, 0.15) is 12.5 Å². The van der Waals surface area contributed by atoms with Gasteiger partial charge in [0, 0.05) is 16.6 Å². The van der Waals surface area contributed by atoms with Crippen LogP contribution in [0, 0.1) is 0 Å². The summed E-state index contributed by atoms with van der Waals surface area (Å²) in [5.41, 5.74) is 2.25. The van der Waals surface area contributed by atoms with Gasteiger partial charge in [-0.15, -0.1) is 11.8 Å². The second-order valence-corrected chi connectivity index (χ2v) is 6.22. The van der Waals surface area contributed by atoms with Crippen LogP contribution >= 0.6 is 11.8 Å². The number of carbonyl (C=O) groups excluding carboxylic acids is 1. The highest BCUT2D eigenvalue weighted by Crippen LogP contribution is 2.34. The van der Waals surface area contributed by atoms with Crippen LogP contribution in [0.3, 0.4) is 0 Å². The zero-order valence-corrected chi connectivity index (χ0v) is 12.6. The lowest BCUT2D eigenvalue weighted by atomic mass is 10.1. The second-order valence-electron chi connectivity index (χ2n) is 5.20. The standard InChI is InChI=1S/C17H17NO2S/c1-12-10-13-6-2-3-7-14(13)18(12)17(20)11-21-16-9-5-4-8-15(16)19/h2-9,12,19H,10-11H2,1H3. The minimum absolute atomic E-state index is 0.0840. The Kier molecular flexibility index (Phi) is 3.88. The number of thioether (sulfide) groups is 1. The van der Waals surface area contributed by atoms with Crippen molar-refractivity contribution in [1.29, 1.82) is 0 Å². The van der Waals surface area contributed by atoms with E-state index in [4.69, 9.17) is 0 Å². The third-order valence-electron chi connectivity index (χ3n) is 3.69. The molecule has 1 aliphatic heterocycles. The van der Waals surface area contributed by atoms with Crippen LogP contribution in [0.15, 0.2) is 53.4 Å². The summed E-state index contributed by atoms with van der Waals surface area (Å²) in [5.74, 6) is 0.641. The van der Waals surface area contributed by atoms with Crippen molar-refractivity contribution in [2.24, 2.45) is 0 Å². The Balaban J connectivity index is 1.73. The van der Waals surface area contributed by atoms with Crippen LogP contribution in [0.2, 0.25) is 0 Å². The van der Waals surface area contributed by atoms with Crippen LogP contribution in [0.5, 0.6) is 5.75 Å². The lowest BCUT2D eigenvalue weighted by Crippen LogP contribution is -2.36. The molecule has 0 fully saturated rings. The van der Waals surface area contributed by atoms with E-state index in [1.165, 1.54) is 17.3 Å². The number of benzene rings is 2. The molecule has 1 atom stereocenters. The topological polar surface area (TPSA) is 40.5 Å². The number of hydrogen-bond donors (Lipinski definition) is 1. The predicted octanol–water partition coefficient (Wildman–Crippen LogP) is 3.46. The normalized spacial score (nSPS) is 16.8. The molecule has 4 heteroatoms. The van der Waals surface area contributed by atoms with E-state index in [1.807, 2.05) is 35.2 Å². The Bertz CT molecular complexity index is 671. The highest BCUT2D eigenvalue weighted by Gasteiger charge is 2.30. The van der Waals surface area contributed by atoms with Gasteiger partial charge in [0.1, 0.15) is 5.75 Å². The lowest BCUT2D eigenvalue weighted by Gasteiger charge is -2.22. The number of aromatic hydroxyl groups is 1. The smallest absolute Gasteiger partial charge is 0.237 e. The van der Waals surface area contributed by atoms with Crippen molar-refractivity contribution in [3.63, 3.8) is 0 Å². The second kappa shape index (κ2) is 5.82. The third kappa shape index (κ3) is 2.76. The number of carbonyl (C=O) groups is 1. The van der Waals surface area contributed by atoms with Gasteiger partial charge < -0.3 is 10.0 Å². The molecule has 1 unspecified atom stereocenters. The molecule has 1 heterocycles. The number of para-hydroxylation sites is 2. The SMILES string of the molecule is CC1Cc2ccccc2N1C(=O)CSc1ccccc1O. The van der Waals surface area contributed by atoms with Crippen molar-refractivity contribution in [2.45, 2.75) is 24.3 Å². The quantitative estimate of drug-likeness (QED) is 0.882. The summed E-state index contributed by atoms with van der Waals surface area (Å²) >= 11 is 1.38. The summed E-state index contributed by atoms with van der Waals surface area (Å²) in [7, 11) is 0. The van der Waals surface area contributed by atoms with E-state index in [2.05, 4.69) is 13.0 Å². The monoisotopic (exact) mass is 299 g/mol. The summed E-state index contributed by atoms with van der Waals surface area (Å²) in [4.78, 5) is 15.1. The first-order valence-electron chi connectivity index (χ1n) is 6.97. The summed E-state index contributed by atoms with van der Waals surface area (Å²) in [5, 5.41) is 9.75. The molecule has 21 heavy (non-hydrogen) atoms. The van der Waals surface area contributed by atoms with E-state index < -0.39 is 0 Å². The van der Waals surface area contributed by atoms with E-state index in [0.717, 1.165) is 17.0 Å². The number of fused-ring (bicyclic) bond motifs is 1. The first kappa shape index (κ1) is 14.0. The minimum atomic E-state index is 0.0840. The lowest BCUT2D eigenvalue weighted by molar-refractivity contribution is -0.116. The van der Waals surface area contributed by atoms with Gasteiger partial charge in [-0.25, -0.2) is 0 Å². The maximum Gasteiger partial charge on any atom is 0.237 e. The number of nitrogens with zero attached hydrogens (tertiary/aromatic N) is 1. The molecule has 2 aromatic rings. The molecule has 3 nitrogen and oxygen atoms in total. The molecule has 0 saturated heterocycles. The largest absolute Gasteiger partial charge is 0.507 e. The van der Waals surface area contributed by atoms with Gasteiger partial charge in [-0.2, -0.15) is 0 Å². The van der Waals surface area contributed by atoms with Crippen molar-refractivity contribution < 1.29 is 9.90 Å². The molecule has 1 aliphatic rings. The van der Waals surface area contributed by atoms with Crippen LogP contribution in [0.4, 0.5) is 5.69 Å². The fourth-order valence-corrected chi connectivity index (χ4v) is 3.54. The Hall–Kier alpha value is -1.94. The van der Waals surface area contributed by atoms with Crippen LogP contribution in [-0.4, -0.2) is 22.8 Å². The van der Waals surface area contributed by atoms with Gasteiger partial charge in [-0.05, 0) is 37.1 Å². The van der Waals surface area contributed by atoms with Crippen LogP contribution in [0.25, 0.3) is 0 Å². The zero-order valence-electron chi connectivity index (χ0n) is 11.8. The first-order valence-corrected chi connectivity index (χ1v) is 7.96. The number of amides is 1. The molecule has 0 saturated carbocycles. The maximum absolute atomic E-state index is 12.5. The summed E-state index contributed by atoms with van der Waals surface area (Å²) in [6, 6.07) is 15.4. The van der Waals surface area contributed by atoms with Crippen LogP contribution < -0.4 is 4.90 Å². The van der Waals surface area contributed by atoms with Crippen molar-refractivity contribution in [1.82, 2.24) is 0 Å². The fraction of sp³-hybridized carbons (Fsp3) is 0.235. The average Bonchev–Trinajstić information content (AvgIpc) is 2.82. The van der Waals surface area contributed by atoms with E-state index in [1.54, 1.807) is 12.1 Å². The highest BCUT2D eigenvalue weighted by atomic mass is 32.2. The van der Waals surface area contributed by atoms with E-state index in [9.17, 15) is 9.90 Å². The minimum Gasteiger partial charge on any atom is -0.507 e. The number of phenolic OH excluding ortho intramolecular Hbond substituents is 1. The number of phenols is 1. The van der Waals surface area contributed by atoms with Gasteiger partial charge in [0.2, 0.25) is 5.91 Å². The van der Waals surface area contributed by atoms with Crippen LogP contribution in [-0.2, 0) is 11.2 Å². The third-order valence-corrected chi connectivity index (χ3v) is 4.74. The molecule has 1 amide bonds. The molecular formula is C17H17NO2S. The zero-order chi connectivity index (χ0) is 14.8. The molecule has 1 N–H and O–H groups in total. The van der Waals surface area contributed by atoms with E-state index in [0.29, 0.717) is 5.75 Å². The number of rotatable bonds is 3. The van der Waals surface area contributed by atoms with Gasteiger partial charge in [-0.3, -0.25) is 4.79 Å². The summed E-state index contributed by atoms with van der Waals surface area (Å²) in [6.45, 7) is 2.07. The number of anilines is 1. The van der Waals surface area contributed by atoms with E-state index in [-0.39, 0.29) is 17.7 Å². The summed E-state index contributed by atoms with van der Waals surface area (Å²) < 4.78 is 0. The average molecular weight is 299 g/mol. The maximum atomic E-state index is 12.5. The molecule has 0 aliphatic carbocycles. The molecule has 0 bridgehead atoms. The molecule has 2 aromatic carbocycles. The molecule has 3 rings (SSSR count). The van der Waals surface area contributed by atoms with Crippen molar-refractivity contribution in [3.05, 3.63) is 54.1 Å².